The van der Waals surface area contributed by atoms with E-state index in [9.17, 15) is 23.3 Å². The second-order valence-electron chi connectivity index (χ2n) is 9.93. The van der Waals surface area contributed by atoms with Crippen LogP contribution in [0.4, 0.5) is 0 Å². The molecule has 1 saturated carbocycles. The van der Waals surface area contributed by atoms with Crippen LogP contribution in [0.2, 0.25) is 0 Å². The first-order valence-corrected chi connectivity index (χ1v) is 15.3. The average Bonchev–Trinajstić information content (AvgIpc) is 3.62. The zero-order valence-electron chi connectivity index (χ0n) is 21.1. The normalized spacial score (nSPS) is 15.0. The number of rotatable bonds is 12. The van der Waals surface area contributed by atoms with Crippen LogP contribution in [0.15, 0.2) is 83.2 Å². The third kappa shape index (κ3) is 7.24. The van der Waals surface area contributed by atoms with Crippen LogP contribution < -0.4 is 10.1 Å². The SMILES string of the molecule is O=C(N[C@@H](CC1CC1)B(O)O)[C@H](Cc1ccccc1)CS(=O)(=O)c1ccc(Oc2ccc3scnc3c2)cc1. The largest absolute Gasteiger partial charge is 0.475 e. The van der Waals surface area contributed by atoms with Gasteiger partial charge in [0.2, 0.25) is 5.91 Å². The second-order valence-corrected chi connectivity index (χ2v) is 12.9. The standard InChI is InChI=1S/C28H29BN2O6S2/c32-28(31-27(29(33)34)15-20-6-7-20)21(14-19-4-2-1-3-5-19)17-39(35,36)24-11-8-22(9-12-24)37-23-10-13-26-25(16-23)30-18-38-26/h1-5,8-13,16,18,20-21,27,33-34H,6-7,14-15,17H2,(H,31,32)/t21-,27+/m1/s1. The number of ether oxygens (including phenoxy) is 1. The fourth-order valence-corrected chi connectivity index (χ4v) is 6.71. The monoisotopic (exact) mass is 564 g/mol. The summed E-state index contributed by atoms with van der Waals surface area (Å²) >= 11 is 1.54. The molecule has 0 unspecified atom stereocenters. The van der Waals surface area contributed by atoms with Crippen LogP contribution in [0.1, 0.15) is 24.8 Å². The molecule has 0 radical (unpaired) electrons. The summed E-state index contributed by atoms with van der Waals surface area (Å²) in [5.41, 5.74) is 3.41. The van der Waals surface area contributed by atoms with E-state index >= 15 is 0 Å². The van der Waals surface area contributed by atoms with Gasteiger partial charge in [-0.3, -0.25) is 4.79 Å². The van der Waals surface area contributed by atoms with Crippen molar-refractivity contribution in [2.75, 3.05) is 5.75 Å². The molecule has 0 saturated heterocycles. The van der Waals surface area contributed by atoms with E-state index in [0.29, 0.717) is 23.8 Å². The molecule has 3 aromatic carbocycles. The lowest BCUT2D eigenvalue weighted by molar-refractivity contribution is -0.124. The highest BCUT2D eigenvalue weighted by molar-refractivity contribution is 7.91. The summed E-state index contributed by atoms with van der Waals surface area (Å²) in [6, 6.07) is 20.9. The molecule has 1 amide bonds. The summed E-state index contributed by atoms with van der Waals surface area (Å²) in [6.45, 7) is 0. The van der Waals surface area contributed by atoms with E-state index in [4.69, 9.17) is 4.74 Å². The number of fused-ring (bicyclic) bond motifs is 1. The molecule has 1 aliphatic carbocycles. The number of hydrogen-bond donors (Lipinski definition) is 3. The van der Waals surface area contributed by atoms with Crippen molar-refractivity contribution in [3.63, 3.8) is 0 Å². The van der Waals surface area contributed by atoms with E-state index in [1.807, 2.05) is 48.5 Å². The molecule has 3 N–H and O–H groups in total. The Balaban J connectivity index is 1.31. The molecule has 2 atom stereocenters. The summed E-state index contributed by atoms with van der Waals surface area (Å²) in [4.78, 5) is 17.6. The third-order valence-electron chi connectivity index (χ3n) is 6.81. The molecule has 0 spiro atoms. The first kappa shape index (κ1) is 27.3. The number of amides is 1. The van der Waals surface area contributed by atoms with Gasteiger partial charge in [0, 0.05) is 6.07 Å². The number of sulfone groups is 1. The number of carbonyl (C=O) groups excluding carboxylic acids is 1. The predicted molar refractivity (Wildman–Crippen MR) is 151 cm³/mol. The van der Waals surface area contributed by atoms with E-state index in [1.54, 1.807) is 17.6 Å². The number of nitrogens with one attached hydrogen (secondary N) is 1. The highest BCUT2D eigenvalue weighted by Crippen LogP contribution is 2.34. The average molecular weight is 564 g/mol. The molecule has 202 valence electrons. The van der Waals surface area contributed by atoms with Gasteiger partial charge in [-0.05, 0) is 60.7 Å². The smallest absolute Gasteiger partial charge is 0.457 e. The Hall–Kier alpha value is -3.25. The van der Waals surface area contributed by atoms with Gasteiger partial charge < -0.3 is 20.1 Å². The molecule has 4 aromatic rings. The van der Waals surface area contributed by atoms with Crippen molar-refractivity contribution in [1.29, 1.82) is 0 Å². The molecule has 0 aliphatic heterocycles. The minimum absolute atomic E-state index is 0.0763. The minimum Gasteiger partial charge on any atom is -0.457 e. The van der Waals surface area contributed by atoms with Crippen LogP contribution >= 0.6 is 11.3 Å². The lowest BCUT2D eigenvalue weighted by Gasteiger charge is -2.22. The maximum Gasteiger partial charge on any atom is 0.475 e. The number of aromatic nitrogens is 1. The van der Waals surface area contributed by atoms with E-state index < -0.39 is 40.5 Å². The quantitative estimate of drug-likeness (QED) is 0.222. The summed E-state index contributed by atoms with van der Waals surface area (Å²) in [6.07, 6.45) is 2.62. The summed E-state index contributed by atoms with van der Waals surface area (Å²) < 4.78 is 33.7. The Morgan fingerprint density at radius 1 is 1.05 bits per heavy atom. The molecule has 5 rings (SSSR count). The van der Waals surface area contributed by atoms with Crippen molar-refractivity contribution >= 4 is 44.4 Å². The van der Waals surface area contributed by atoms with Gasteiger partial charge in [-0.15, -0.1) is 11.3 Å². The summed E-state index contributed by atoms with van der Waals surface area (Å²) in [5, 5.41) is 22.3. The predicted octanol–water partition coefficient (Wildman–Crippen LogP) is 4.02. The number of hydrogen-bond acceptors (Lipinski definition) is 8. The molecule has 1 heterocycles. The van der Waals surface area contributed by atoms with Gasteiger partial charge in [-0.25, -0.2) is 13.4 Å². The molecule has 1 aromatic heterocycles. The third-order valence-corrected chi connectivity index (χ3v) is 9.45. The zero-order valence-corrected chi connectivity index (χ0v) is 22.8. The molecular weight excluding hydrogens is 535 g/mol. The summed E-state index contributed by atoms with van der Waals surface area (Å²) in [7, 11) is -5.57. The van der Waals surface area contributed by atoms with E-state index in [1.165, 1.54) is 23.5 Å². The fraction of sp³-hybridized carbons (Fsp3) is 0.286. The topological polar surface area (TPSA) is 126 Å². The van der Waals surface area contributed by atoms with Crippen LogP contribution in [-0.2, 0) is 21.1 Å². The van der Waals surface area contributed by atoms with Crippen molar-refractivity contribution in [2.45, 2.75) is 36.5 Å². The van der Waals surface area contributed by atoms with Crippen molar-refractivity contribution in [2.24, 2.45) is 11.8 Å². The number of benzene rings is 3. The number of carbonyl (C=O) groups is 1. The first-order valence-electron chi connectivity index (χ1n) is 12.8. The lowest BCUT2D eigenvalue weighted by atomic mass is 9.76. The van der Waals surface area contributed by atoms with Crippen molar-refractivity contribution in [3.05, 3.63) is 83.9 Å². The van der Waals surface area contributed by atoms with Crippen LogP contribution in [0.5, 0.6) is 11.5 Å². The zero-order chi connectivity index (χ0) is 27.4. The molecule has 1 aliphatic rings. The Bertz CT molecular complexity index is 1520. The van der Waals surface area contributed by atoms with Crippen molar-refractivity contribution < 1.29 is 28.0 Å². The van der Waals surface area contributed by atoms with Gasteiger partial charge in [0.05, 0.1) is 38.2 Å². The minimum atomic E-state index is -3.85. The molecule has 0 bridgehead atoms. The van der Waals surface area contributed by atoms with Crippen LogP contribution in [0, 0.1) is 11.8 Å². The van der Waals surface area contributed by atoms with Crippen molar-refractivity contribution in [1.82, 2.24) is 10.3 Å². The highest BCUT2D eigenvalue weighted by Gasteiger charge is 2.35. The van der Waals surface area contributed by atoms with Crippen LogP contribution in [0.3, 0.4) is 0 Å². The maximum atomic E-state index is 13.4. The first-order chi connectivity index (χ1) is 18.8. The fourth-order valence-electron chi connectivity index (χ4n) is 4.51. The van der Waals surface area contributed by atoms with E-state index in [2.05, 4.69) is 10.3 Å². The number of thiazole rings is 1. The Morgan fingerprint density at radius 2 is 1.77 bits per heavy atom. The Labute approximate surface area is 231 Å². The molecule has 11 heteroatoms. The number of nitrogens with zero attached hydrogens (tertiary/aromatic N) is 1. The molecular formula is C28H29BN2O6S2. The van der Waals surface area contributed by atoms with Gasteiger partial charge >= 0.3 is 7.12 Å². The Kier molecular flexibility index (Phi) is 8.32. The molecule has 8 nitrogen and oxygen atoms in total. The van der Waals surface area contributed by atoms with Crippen LogP contribution in [-0.4, -0.2) is 48.2 Å². The second kappa shape index (κ2) is 11.9. The van der Waals surface area contributed by atoms with Gasteiger partial charge in [-0.1, -0.05) is 43.2 Å². The maximum absolute atomic E-state index is 13.4. The van der Waals surface area contributed by atoms with Gasteiger partial charge in [0.25, 0.3) is 0 Å². The highest BCUT2D eigenvalue weighted by atomic mass is 32.2. The molecule has 1 fully saturated rings. The lowest BCUT2D eigenvalue weighted by Crippen LogP contribution is -2.50. The van der Waals surface area contributed by atoms with E-state index in [0.717, 1.165) is 28.6 Å². The van der Waals surface area contributed by atoms with Gasteiger partial charge in [0.1, 0.15) is 11.5 Å². The van der Waals surface area contributed by atoms with Gasteiger partial charge in [-0.2, -0.15) is 0 Å². The van der Waals surface area contributed by atoms with Gasteiger partial charge in [0.15, 0.2) is 9.84 Å². The summed E-state index contributed by atoms with van der Waals surface area (Å²) in [5.74, 6) is -1.29. The van der Waals surface area contributed by atoms with E-state index in [-0.39, 0.29) is 11.3 Å². The van der Waals surface area contributed by atoms with Crippen LogP contribution in [0.25, 0.3) is 10.2 Å². The molecule has 39 heavy (non-hydrogen) atoms. The Morgan fingerprint density at radius 3 is 2.46 bits per heavy atom. The van der Waals surface area contributed by atoms with Crippen molar-refractivity contribution in [3.8, 4) is 11.5 Å².